The number of nitro groups is 1. The molecule has 0 fully saturated rings. The van der Waals surface area contributed by atoms with Crippen LogP contribution in [0.4, 0.5) is 10.7 Å². The molecule has 0 aromatic carbocycles. The zero-order valence-electron chi connectivity index (χ0n) is 10.2. The molecular weight excluding hydrogens is 286 g/mol. The molecule has 0 aliphatic heterocycles. The maximum atomic E-state index is 11.9. The fourth-order valence-electron chi connectivity index (χ4n) is 1.64. The Bertz CT molecular complexity index is 703. The van der Waals surface area contributed by atoms with E-state index < -0.39 is 16.8 Å². The number of amides is 1. The van der Waals surface area contributed by atoms with Gasteiger partial charge >= 0.3 is 11.0 Å². The molecule has 104 valence electrons. The Balaban J connectivity index is 2.23. The standard InChI is InChI=1S/C11H9N3O5S/c1-5-9(11(16)17)7(3-12-5)13-10(15)6-2-8(14(18)19)20-4-6/h2-4,12H,1H3,(H,13,15)(H,16,17). The molecule has 0 bridgehead atoms. The first-order chi connectivity index (χ1) is 9.40. The minimum atomic E-state index is -1.17. The number of hydrogen-bond acceptors (Lipinski definition) is 5. The van der Waals surface area contributed by atoms with E-state index in [9.17, 15) is 19.7 Å². The summed E-state index contributed by atoms with van der Waals surface area (Å²) >= 11 is 0.828. The quantitative estimate of drug-likeness (QED) is 0.589. The fourth-order valence-corrected chi connectivity index (χ4v) is 2.34. The van der Waals surface area contributed by atoms with Crippen LogP contribution in [0.25, 0.3) is 0 Å². The second-order valence-corrected chi connectivity index (χ2v) is 4.78. The molecule has 0 atom stereocenters. The number of nitrogens with zero attached hydrogens (tertiary/aromatic N) is 1. The molecule has 8 nitrogen and oxygen atoms in total. The highest BCUT2D eigenvalue weighted by Crippen LogP contribution is 2.24. The summed E-state index contributed by atoms with van der Waals surface area (Å²) in [5.41, 5.74) is 0.595. The van der Waals surface area contributed by atoms with Crippen molar-refractivity contribution in [1.29, 1.82) is 0 Å². The van der Waals surface area contributed by atoms with Crippen molar-refractivity contribution in [2.24, 2.45) is 0 Å². The van der Waals surface area contributed by atoms with E-state index >= 15 is 0 Å². The molecule has 2 aromatic rings. The highest BCUT2D eigenvalue weighted by molar-refractivity contribution is 7.13. The number of aromatic carboxylic acids is 1. The molecule has 2 aromatic heterocycles. The normalized spacial score (nSPS) is 10.2. The zero-order chi connectivity index (χ0) is 14.9. The number of rotatable bonds is 4. The van der Waals surface area contributed by atoms with E-state index in [1.165, 1.54) is 11.6 Å². The number of carbonyl (C=O) groups is 2. The van der Waals surface area contributed by atoms with Gasteiger partial charge in [-0.25, -0.2) is 4.79 Å². The number of aromatic amines is 1. The Morgan fingerprint density at radius 2 is 2.20 bits per heavy atom. The Kier molecular flexibility index (Phi) is 3.53. The maximum absolute atomic E-state index is 11.9. The molecule has 0 aliphatic carbocycles. The minimum Gasteiger partial charge on any atom is -0.478 e. The third-order valence-corrected chi connectivity index (χ3v) is 3.45. The van der Waals surface area contributed by atoms with Crippen LogP contribution in [-0.2, 0) is 0 Å². The lowest BCUT2D eigenvalue weighted by Gasteiger charge is -2.02. The van der Waals surface area contributed by atoms with E-state index in [1.807, 2.05) is 0 Å². The van der Waals surface area contributed by atoms with Crippen LogP contribution < -0.4 is 5.32 Å². The first-order valence-corrected chi connectivity index (χ1v) is 6.23. The first kappa shape index (κ1) is 13.7. The van der Waals surface area contributed by atoms with Gasteiger partial charge in [0.05, 0.1) is 16.2 Å². The predicted octanol–water partition coefficient (Wildman–Crippen LogP) is 2.24. The van der Waals surface area contributed by atoms with E-state index in [4.69, 9.17) is 5.11 Å². The summed E-state index contributed by atoms with van der Waals surface area (Å²) in [4.78, 5) is 35.6. The summed E-state index contributed by atoms with van der Waals surface area (Å²) in [5, 5.41) is 23.2. The molecule has 0 unspecified atom stereocenters. The maximum Gasteiger partial charge on any atom is 0.339 e. The van der Waals surface area contributed by atoms with Crippen molar-refractivity contribution in [3.8, 4) is 0 Å². The highest BCUT2D eigenvalue weighted by Gasteiger charge is 2.20. The van der Waals surface area contributed by atoms with Gasteiger partial charge in [-0.15, -0.1) is 0 Å². The van der Waals surface area contributed by atoms with E-state index in [0.29, 0.717) is 5.69 Å². The molecule has 0 aliphatic rings. The number of carboxylic acids is 1. The van der Waals surface area contributed by atoms with Gasteiger partial charge in [-0.05, 0) is 6.92 Å². The molecule has 0 radical (unpaired) electrons. The number of H-pyrrole nitrogens is 1. The molecule has 2 rings (SSSR count). The molecule has 9 heteroatoms. The third-order valence-electron chi connectivity index (χ3n) is 2.57. The number of hydrogen-bond donors (Lipinski definition) is 3. The monoisotopic (exact) mass is 295 g/mol. The Morgan fingerprint density at radius 1 is 1.50 bits per heavy atom. The van der Waals surface area contributed by atoms with E-state index in [-0.39, 0.29) is 21.8 Å². The van der Waals surface area contributed by atoms with Crippen LogP contribution in [0.1, 0.15) is 26.4 Å². The lowest BCUT2D eigenvalue weighted by Crippen LogP contribution is -2.13. The Morgan fingerprint density at radius 3 is 2.75 bits per heavy atom. The van der Waals surface area contributed by atoms with Crippen LogP contribution in [0.2, 0.25) is 0 Å². The van der Waals surface area contributed by atoms with Gasteiger partial charge in [0.1, 0.15) is 5.56 Å². The van der Waals surface area contributed by atoms with Crippen LogP contribution in [0.15, 0.2) is 17.6 Å². The topological polar surface area (TPSA) is 125 Å². The van der Waals surface area contributed by atoms with Crippen LogP contribution in [0.3, 0.4) is 0 Å². The van der Waals surface area contributed by atoms with Crippen molar-refractivity contribution < 1.29 is 19.6 Å². The summed E-state index contributed by atoms with van der Waals surface area (Å²) in [7, 11) is 0. The van der Waals surface area contributed by atoms with Crippen LogP contribution in [0, 0.1) is 17.0 Å². The number of carboxylic acid groups (broad SMARTS) is 1. The van der Waals surface area contributed by atoms with Gasteiger partial charge in [-0.3, -0.25) is 14.9 Å². The molecule has 1 amide bonds. The summed E-state index contributed by atoms with van der Waals surface area (Å²) in [5.74, 6) is -1.77. The Labute approximate surface area is 116 Å². The lowest BCUT2D eigenvalue weighted by atomic mass is 10.2. The van der Waals surface area contributed by atoms with Gasteiger partial charge in [0.2, 0.25) is 0 Å². The molecule has 3 N–H and O–H groups in total. The highest BCUT2D eigenvalue weighted by atomic mass is 32.1. The predicted molar refractivity (Wildman–Crippen MR) is 71.4 cm³/mol. The molecular formula is C11H9N3O5S. The molecule has 0 saturated carbocycles. The second-order valence-electron chi connectivity index (χ2n) is 3.89. The number of aryl methyl sites for hydroxylation is 1. The smallest absolute Gasteiger partial charge is 0.339 e. The van der Waals surface area contributed by atoms with Crippen molar-refractivity contribution in [3.63, 3.8) is 0 Å². The van der Waals surface area contributed by atoms with Crippen molar-refractivity contribution in [1.82, 2.24) is 4.98 Å². The Hall–Kier alpha value is -2.68. The van der Waals surface area contributed by atoms with Gasteiger partial charge in [0.25, 0.3) is 5.91 Å². The molecule has 0 spiro atoms. The number of thiophene rings is 1. The van der Waals surface area contributed by atoms with Gasteiger partial charge in [-0.1, -0.05) is 11.3 Å². The van der Waals surface area contributed by atoms with Gasteiger partial charge < -0.3 is 15.4 Å². The average Bonchev–Trinajstić information content (AvgIpc) is 2.96. The largest absolute Gasteiger partial charge is 0.478 e. The minimum absolute atomic E-state index is 0.0388. The van der Waals surface area contributed by atoms with Crippen LogP contribution in [0.5, 0.6) is 0 Å². The SMILES string of the molecule is Cc1[nH]cc(NC(=O)c2csc([N+](=O)[O-])c2)c1C(=O)O. The van der Waals surface area contributed by atoms with Gasteiger partial charge in [-0.2, -0.15) is 0 Å². The first-order valence-electron chi connectivity index (χ1n) is 5.35. The van der Waals surface area contributed by atoms with Gasteiger partial charge in [0, 0.05) is 23.3 Å². The van der Waals surface area contributed by atoms with Crippen molar-refractivity contribution >= 4 is 33.9 Å². The molecule has 20 heavy (non-hydrogen) atoms. The number of aromatic nitrogens is 1. The lowest BCUT2D eigenvalue weighted by molar-refractivity contribution is -0.380. The average molecular weight is 295 g/mol. The van der Waals surface area contributed by atoms with Gasteiger partial charge in [0.15, 0.2) is 0 Å². The molecule has 0 saturated heterocycles. The van der Waals surface area contributed by atoms with E-state index in [1.54, 1.807) is 6.92 Å². The van der Waals surface area contributed by atoms with E-state index in [0.717, 1.165) is 17.4 Å². The summed E-state index contributed by atoms with van der Waals surface area (Å²) in [6, 6.07) is 1.14. The summed E-state index contributed by atoms with van der Waals surface area (Å²) < 4.78 is 0. The third kappa shape index (κ3) is 2.52. The van der Waals surface area contributed by atoms with Crippen molar-refractivity contribution in [2.45, 2.75) is 6.92 Å². The second kappa shape index (κ2) is 5.13. The van der Waals surface area contributed by atoms with Crippen LogP contribution in [-0.4, -0.2) is 26.9 Å². The van der Waals surface area contributed by atoms with E-state index in [2.05, 4.69) is 10.3 Å². The van der Waals surface area contributed by atoms with Crippen LogP contribution >= 0.6 is 11.3 Å². The molecule has 2 heterocycles. The number of nitrogens with one attached hydrogen (secondary N) is 2. The van der Waals surface area contributed by atoms with Crippen molar-refractivity contribution in [2.75, 3.05) is 5.32 Å². The van der Waals surface area contributed by atoms with Crippen molar-refractivity contribution in [3.05, 3.63) is 44.6 Å². The number of carbonyl (C=O) groups excluding carboxylic acids is 1. The zero-order valence-corrected chi connectivity index (χ0v) is 11.0. The number of anilines is 1. The summed E-state index contributed by atoms with van der Waals surface area (Å²) in [6.45, 7) is 1.56. The summed E-state index contributed by atoms with van der Waals surface area (Å²) in [6.07, 6.45) is 1.36. The fraction of sp³-hybridized carbons (Fsp3) is 0.0909.